The number of piperidine rings is 1. The van der Waals surface area contributed by atoms with Crippen molar-refractivity contribution in [2.45, 2.75) is 24.9 Å². The predicted molar refractivity (Wildman–Crippen MR) is 97.2 cm³/mol. The number of halogens is 1. The average Bonchev–Trinajstić information content (AvgIpc) is 2.94. The first-order valence-corrected chi connectivity index (χ1v) is 9.47. The van der Waals surface area contributed by atoms with Crippen LogP contribution in [0.25, 0.3) is 11.4 Å². The third kappa shape index (κ3) is 3.92. The summed E-state index contributed by atoms with van der Waals surface area (Å²) >= 11 is 7.36. The highest BCUT2D eigenvalue weighted by molar-refractivity contribution is 7.99. The van der Waals surface area contributed by atoms with Gasteiger partial charge in [-0.1, -0.05) is 30.3 Å². The van der Waals surface area contributed by atoms with Crippen LogP contribution < -0.4 is 0 Å². The van der Waals surface area contributed by atoms with Crippen molar-refractivity contribution in [3.63, 3.8) is 0 Å². The molecule has 24 heavy (non-hydrogen) atoms. The fraction of sp³-hybridized carbons (Fsp3) is 0.471. The van der Waals surface area contributed by atoms with Crippen LogP contribution >= 0.6 is 23.4 Å². The lowest BCUT2D eigenvalue weighted by atomic mass is 10.0. The van der Waals surface area contributed by atoms with Crippen molar-refractivity contribution >= 4 is 29.3 Å². The molecule has 0 N–H and O–H groups in total. The Kier molecular flexibility index (Phi) is 5.46. The molecule has 1 aliphatic rings. The van der Waals surface area contributed by atoms with Gasteiger partial charge in [-0.15, -0.1) is 10.2 Å². The van der Waals surface area contributed by atoms with Crippen LogP contribution in [0.5, 0.6) is 0 Å². The number of hydrogen-bond donors (Lipinski definition) is 0. The Morgan fingerprint density at radius 1 is 1.33 bits per heavy atom. The van der Waals surface area contributed by atoms with Gasteiger partial charge in [-0.25, -0.2) is 0 Å². The topological polar surface area (TPSA) is 51.0 Å². The number of carbonyl (C=O) groups is 1. The van der Waals surface area contributed by atoms with Gasteiger partial charge in [0.2, 0.25) is 5.91 Å². The molecule has 0 radical (unpaired) electrons. The van der Waals surface area contributed by atoms with Crippen molar-refractivity contribution in [3.05, 3.63) is 29.3 Å². The van der Waals surface area contributed by atoms with Crippen molar-refractivity contribution in [3.8, 4) is 11.4 Å². The van der Waals surface area contributed by atoms with Crippen LogP contribution in [0.1, 0.15) is 19.8 Å². The van der Waals surface area contributed by atoms with E-state index in [1.165, 1.54) is 18.2 Å². The monoisotopic (exact) mass is 364 g/mol. The summed E-state index contributed by atoms with van der Waals surface area (Å²) in [6, 6.07) is 7.50. The molecule has 1 saturated heterocycles. The molecule has 1 atom stereocenters. The molecule has 1 amide bonds. The van der Waals surface area contributed by atoms with Gasteiger partial charge in [-0.3, -0.25) is 4.79 Å². The molecule has 0 spiro atoms. The van der Waals surface area contributed by atoms with Gasteiger partial charge in [0, 0.05) is 30.7 Å². The summed E-state index contributed by atoms with van der Waals surface area (Å²) in [5.41, 5.74) is 0.956. The van der Waals surface area contributed by atoms with Crippen LogP contribution in [-0.4, -0.2) is 44.4 Å². The fourth-order valence-corrected chi connectivity index (χ4v) is 3.86. The Balaban J connectivity index is 1.64. The number of rotatable bonds is 4. The van der Waals surface area contributed by atoms with Crippen LogP contribution in [0.4, 0.5) is 0 Å². The van der Waals surface area contributed by atoms with E-state index in [1.807, 2.05) is 40.8 Å². The van der Waals surface area contributed by atoms with Crippen molar-refractivity contribution in [1.29, 1.82) is 0 Å². The van der Waals surface area contributed by atoms with Crippen LogP contribution in [0.15, 0.2) is 29.4 Å². The Hall–Kier alpha value is -1.53. The summed E-state index contributed by atoms with van der Waals surface area (Å²) in [5.74, 6) is 1.95. The molecule has 0 bridgehead atoms. The largest absolute Gasteiger partial charge is 0.342 e. The Labute approximate surface area is 151 Å². The van der Waals surface area contributed by atoms with E-state index in [0.29, 0.717) is 16.7 Å². The second kappa shape index (κ2) is 7.57. The molecular weight excluding hydrogens is 344 g/mol. The van der Waals surface area contributed by atoms with Gasteiger partial charge in [0.25, 0.3) is 0 Å². The first kappa shape index (κ1) is 17.3. The molecule has 5 nitrogen and oxygen atoms in total. The van der Waals surface area contributed by atoms with Gasteiger partial charge < -0.3 is 9.47 Å². The first-order chi connectivity index (χ1) is 11.5. The molecule has 0 aliphatic carbocycles. The number of benzene rings is 1. The molecule has 2 aromatic rings. The molecule has 3 rings (SSSR count). The summed E-state index contributed by atoms with van der Waals surface area (Å²) in [7, 11) is 1.92. The summed E-state index contributed by atoms with van der Waals surface area (Å²) in [4.78, 5) is 14.3. The van der Waals surface area contributed by atoms with Crippen LogP contribution in [0.3, 0.4) is 0 Å². The zero-order chi connectivity index (χ0) is 17.1. The predicted octanol–water partition coefficient (Wildman–Crippen LogP) is 3.49. The van der Waals surface area contributed by atoms with Crippen LogP contribution in [0, 0.1) is 5.92 Å². The molecule has 2 heterocycles. The smallest absolute Gasteiger partial charge is 0.233 e. The van der Waals surface area contributed by atoms with Crippen LogP contribution in [0.2, 0.25) is 5.02 Å². The third-order valence-corrected chi connectivity index (χ3v) is 5.53. The number of carbonyl (C=O) groups excluding carboxylic acids is 1. The molecule has 1 unspecified atom stereocenters. The highest BCUT2D eigenvalue weighted by atomic mass is 35.5. The lowest BCUT2D eigenvalue weighted by Gasteiger charge is -2.30. The van der Waals surface area contributed by atoms with E-state index in [2.05, 4.69) is 17.1 Å². The summed E-state index contributed by atoms with van der Waals surface area (Å²) in [5, 5.41) is 9.90. The van der Waals surface area contributed by atoms with Gasteiger partial charge >= 0.3 is 0 Å². The SMILES string of the molecule is CC1CCCN(C(=O)CSc2nnc(-c3ccc(Cl)cc3)n2C)C1. The number of likely N-dealkylation sites (tertiary alicyclic amines) is 1. The summed E-state index contributed by atoms with van der Waals surface area (Å²) in [6.45, 7) is 3.94. The van der Waals surface area contributed by atoms with E-state index in [1.54, 1.807) is 0 Å². The highest BCUT2D eigenvalue weighted by Crippen LogP contribution is 2.24. The molecule has 1 aromatic heterocycles. The number of aromatic nitrogens is 3. The normalized spacial score (nSPS) is 18.0. The number of thioether (sulfide) groups is 1. The maximum atomic E-state index is 12.4. The van der Waals surface area contributed by atoms with E-state index >= 15 is 0 Å². The van der Waals surface area contributed by atoms with Gasteiger partial charge in [0.15, 0.2) is 11.0 Å². The molecule has 0 saturated carbocycles. The molecular formula is C17H21ClN4OS. The Morgan fingerprint density at radius 2 is 2.08 bits per heavy atom. The minimum atomic E-state index is 0.183. The molecule has 1 aromatic carbocycles. The van der Waals surface area contributed by atoms with E-state index in [-0.39, 0.29) is 5.91 Å². The number of nitrogens with zero attached hydrogens (tertiary/aromatic N) is 4. The highest BCUT2D eigenvalue weighted by Gasteiger charge is 2.21. The second-order valence-corrected chi connectivity index (χ2v) is 7.63. The molecule has 128 valence electrons. The summed E-state index contributed by atoms with van der Waals surface area (Å²) < 4.78 is 1.92. The second-order valence-electron chi connectivity index (χ2n) is 6.25. The lowest BCUT2D eigenvalue weighted by molar-refractivity contribution is -0.130. The standard InChI is InChI=1S/C17H21ClN4OS/c1-12-4-3-9-22(10-12)15(23)11-24-17-20-19-16(21(17)2)13-5-7-14(18)8-6-13/h5-8,12H,3-4,9-11H2,1-2H3. The van der Waals surface area contributed by atoms with Crippen molar-refractivity contribution in [2.75, 3.05) is 18.8 Å². The molecule has 1 fully saturated rings. The van der Waals surface area contributed by atoms with Gasteiger partial charge in [-0.2, -0.15) is 0 Å². The van der Waals surface area contributed by atoms with Crippen molar-refractivity contribution in [1.82, 2.24) is 19.7 Å². The Morgan fingerprint density at radius 3 is 2.79 bits per heavy atom. The number of hydrogen-bond acceptors (Lipinski definition) is 4. The van der Waals surface area contributed by atoms with Gasteiger partial charge in [0.05, 0.1) is 5.75 Å². The van der Waals surface area contributed by atoms with Crippen molar-refractivity contribution < 1.29 is 4.79 Å². The quantitative estimate of drug-likeness (QED) is 0.779. The van der Waals surface area contributed by atoms with E-state index in [9.17, 15) is 4.79 Å². The molecule has 1 aliphatic heterocycles. The average molecular weight is 365 g/mol. The summed E-state index contributed by atoms with van der Waals surface area (Å²) in [6.07, 6.45) is 2.31. The fourth-order valence-electron chi connectivity index (χ4n) is 2.92. The zero-order valence-corrected chi connectivity index (χ0v) is 15.5. The molecule has 7 heteroatoms. The van der Waals surface area contributed by atoms with Gasteiger partial charge in [-0.05, 0) is 43.0 Å². The van der Waals surface area contributed by atoms with E-state index < -0.39 is 0 Å². The van der Waals surface area contributed by atoms with Gasteiger partial charge in [0.1, 0.15) is 0 Å². The Bertz CT molecular complexity index is 716. The van der Waals surface area contributed by atoms with Crippen LogP contribution in [-0.2, 0) is 11.8 Å². The zero-order valence-electron chi connectivity index (χ0n) is 13.9. The minimum absolute atomic E-state index is 0.183. The first-order valence-electron chi connectivity index (χ1n) is 8.10. The van der Waals surface area contributed by atoms with E-state index in [0.717, 1.165) is 36.1 Å². The maximum Gasteiger partial charge on any atom is 0.233 e. The maximum absolute atomic E-state index is 12.4. The number of amides is 1. The lowest BCUT2D eigenvalue weighted by Crippen LogP contribution is -2.40. The third-order valence-electron chi connectivity index (χ3n) is 4.27. The van der Waals surface area contributed by atoms with E-state index in [4.69, 9.17) is 11.6 Å². The minimum Gasteiger partial charge on any atom is -0.342 e. The van der Waals surface area contributed by atoms with Crippen molar-refractivity contribution in [2.24, 2.45) is 13.0 Å².